The summed E-state index contributed by atoms with van der Waals surface area (Å²) >= 11 is 0. The second-order valence-electron chi connectivity index (χ2n) is 12.1. The molecule has 3 rings (SSSR count). The van der Waals surface area contributed by atoms with E-state index in [2.05, 4.69) is 41.5 Å². The molecule has 1 aliphatic heterocycles. The highest BCUT2D eigenvalue weighted by Gasteiger charge is 2.41. The van der Waals surface area contributed by atoms with E-state index in [0.29, 0.717) is 35.3 Å². The Morgan fingerprint density at radius 1 is 0.821 bits per heavy atom. The molecule has 1 aliphatic rings. The number of phenols is 4. The van der Waals surface area contributed by atoms with Gasteiger partial charge in [-0.1, -0.05) is 79.2 Å². The fraction of sp³-hybridized carbons (Fsp3) is 0.636. The molecule has 218 valence electrons. The molecule has 6 nitrogen and oxygen atoms in total. The molecule has 0 fully saturated rings. The van der Waals surface area contributed by atoms with Gasteiger partial charge >= 0.3 is 0 Å². The first kappa shape index (κ1) is 30.9. The summed E-state index contributed by atoms with van der Waals surface area (Å²) in [7, 11) is 0. The van der Waals surface area contributed by atoms with Crippen LogP contribution in [-0.2, 0) is 17.6 Å². The highest BCUT2D eigenvalue weighted by Crippen LogP contribution is 2.50. The van der Waals surface area contributed by atoms with Gasteiger partial charge in [0.1, 0.15) is 23.4 Å². The van der Waals surface area contributed by atoms with Crippen LogP contribution in [0.2, 0.25) is 0 Å². The van der Waals surface area contributed by atoms with Gasteiger partial charge in [-0.15, -0.1) is 0 Å². The van der Waals surface area contributed by atoms with E-state index < -0.39 is 12.2 Å². The van der Waals surface area contributed by atoms with Crippen molar-refractivity contribution in [2.75, 3.05) is 0 Å². The zero-order chi connectivity index (χ0) is 28.8. The Bertz CT molecular complexity index is 1090. The number of ether oxygens (including phenoxy) is 2. The fourth-order valence-electron chi connectivity index (χ4n) is 6.13. The maximum Gasteiger partial charge on any atom is 0.157 e. The number of hydrogen-bond donors (Lipinski definition) is 4. The number of benzene rings is 2. The quantitative estimate of drug-likeness (QED) is 0.141. The molecule has 39 heavy (non-hydrogen) atoms. The van der Waals surface area contributed by atoms with E-state index in [9.17, 15) is 20.4 Å². The lowest BCUT2D eigenvalue weighted by molar-refractivity contribution is -0.135. The van der Waals surface area contributed by atoms with Gasteiger partial charge in [0, 0.05) is 23.6 Å². The first-order chi connectivity index (χ1) is 18.5. The third-order valence-electron chi connectivity index (χ3n) is 8.59. The minimum absolute atomic E-state index is 0.00345. The SMILES string of the molecule is CCCCCC(C)(CC)Cc1c(O)cc(O)c2c1O[C@H](c1ccc(O)c(O)c1)[C@H](OC(C)(CCC)CCC)C2. The summed E-state index contributed by atoms with van der Waals surface area (Å²) in [5.41, 5.74) is 1.63. The number of hydrogen-bond acceptors (Lipinski definition) is 6. The summed E-state index contributed by atoms with van der Waals surface area (Å²) in [5.74, 6) is 0.126. The Morgan fingerprint density at radius 2 is 1.51 bits per heavy atom. The van der Waals surface area contributed by atoms with Crippen LogP contribution in [0.25, 0.3) is 0 Å². The standard InChI is InChI=1S/C33H50O6/c1-7-11-12-17-32(5,10-4)21-24-27(36)20-26(35)23-19-29(39-33(6,15-8-2)16-9-3)30(38-31(23)24)22-13-14-25(34)28(37)18-22/h13-14,18,20,29-30,34-37H,7-12,15-17,19,21H2,1-6H3/t29-,30-,32?/m1/s1. The molecular weight excluding hydrogens is 492 g/mol. The van der Waals surface area contributed by atoms with E-state index in [1.165, 1.54) is 24.6 Å². The van der Waals surface area contributed by atoms with Gasteiger partial charge in [0.15, 0.2) is 17.6 Å². The van der Waals surface area contributed by atoms with Gasteiger partial charge in [-0.05, 0) is 55.7 Å². The van der Waals surface area contributed by atoms with Gasteiger partial charge < -0.3 is 29.9 Å². The zero-order valence-electron chi connectivity index (χ0n) is 24.8. The second kappa shape index (κ2) is 13.2. The Labute approximate surface area is 235 Å². The number of aromatic hydroxyl groups is 4. The Hall–Kier alpha value is -2.60. The second-order valence-corrected chi connectivity index (χ2v) is 12.1. The first-order valence-electron chi connectivity index (χ1n) is 14.9. The largest absolute Gasteiger partial charge is 0.507 e. The molecule has 0 aliphatic carbocycles. The summed E-state index contributed by atoms with van der Waals surface area (Å²) < 4.78 is 13.5. The monoisotopic (exact) mass is 542 g/mol. The Balaban J connectivity index is 2.09. The lowest BCUT2D eigenvalue weighted by atomic mass is 9.76. The molecule has 0 saturated heterocycles. The van der Waals surface area contributed by atoms with E-state index in [1.807, 2.05) is 0 Å². The van der Waals surface area contributed by atoms with E-state index >= 15 is 0 Å². The third-order valence-corrected chi connectivity index (χ3v) is 8.59. The van der Waals surface area contributed by atoms with E-state index in [-0.39, 0.29) is 34.0 Å². The average Bonchev–Trinajstić information content (AvgIpc) is 2.88. The molecule has 4 N–H and O–H groups in total. The van der Waals surface area contributed by atoms with Crippen LogP contribution in [0, 0.1) is 5.41 Å². The summed E-state index contributed by atoms with van der Waals surface area (Å²) in [6.07, 6.45) is 9.18. The predicted octanol–water partition coefficient (Wildman–Crippen LogP) is 8.47. The molecule has 0 amide bonds. The predicted molar refractivity (Wildman–Crippen MR) is 156 cm³/mol. The lowest BCUT2D eigenvalue weighted by Crippen LogP contribution is -2.41. The van der Waals surface area contributed by atoms with Crippen LogP contribution in [0.1, 0.15) is 122 Å². The first-order valence-corrected chi connectivity index (χ1v) is 14.9. The van der Waals surface area contributed by atoms with Gasteiger partial charge in [0.2, 0.25) is 0 Å². The molecule has 2 aromatic rings. The smallest absolute Gasteiger partial charge is 0.157 e. The highest BCUT2D eigenvalue weighted by atomic mass is 16.6. The van der Waals surface area contributed by atoms with Crippen molar-refractivity contribution in [3.05, 3.63) is 41.0 Å². The summed E-state index contributed by atoms with van der Waals surface area (Å²) in [6, 6.07) is 6.16. The molecule has 0 bridgehead atoms. The molecule has 0 saturated carbocycles. The number of unbranched alkanes of at least 4 members (excludes halogenated alkanes) is 2. The minimum Gasteiger partial charge on any atom is -0.507 e. The maximum atomic E-state index is 11.1. The molecule has 1 heterocycles. The summed E-state index contributed by atoms with van der Waals surface area (Å²) in [4.78, 5) is 0. The number of phenolic OH excluding ortho intramolecular Hbond substituents is 4. The molecule has 0 aromatic heterocycles. The van der Waals surface area contributed by atoms with E-state index in [0.717, 1.165) is 51.4 Å². The van der Waals surface area contributed by atoms with Gasteiger partial charge in [-0.25, -0.2) is 0 Å². The number of rotatable bonds is 14. The molecule has 3 atom stereocenters. The van der Waals surface area contributed by atoms with Crippen molar-refractivity contribution in [2.45, 2.75) is 130 Å². The normalized spacial score (nSPS) is 18.8. The average molecular weight is 543 g/mol. The molecule has 1 unspecified atom stereocenters. The Kier molecular flexibility index (Phi) is 10.4. The topological polar surface area (TPSA) is 99.4 Å². The van der Waals surface area contributed by atoms with Gasteiger partial charge in [-0.3, -0.25) is 0 Å². The van der Waals surface area contributed by atoms with Gasteiger partial charge in [0.25, 0.3) is 0 Å². The van der Waals surface area contributed by atoms with Gasteiger partial charge in [-0.2, -0.15) is 0 Å². The van der Waals surface area contributed by atoms with Crippen molar-refractivity contribution in [2.24, 2.45) is 5.41 Å². The number of fused-ring (bicyclic) bond motifs is 1. The van der Waals surface area contributed by atoms with Crippen LogP contribution in [-0.4, -0.2) is 32.1 Å². The molecule has 0 radical (unpaired) electrons. The Morgan fingerprint density at radius 3 is 2.10 bits per heavy atom. The fourth-order valence-corrected chi connectivity index (χ4v) is 6.13. The van der Waals surface area contributed by atoms with E-state index in [1.54, 1.807) is 6.07 Å². The van der Waals surface area contributed by atoms with Crippen molar-refractivity contribution < 1.29 is 29.9 Å². The summed E-state index contributed by atoms with van der Waals surface area (Å²) in [5, 5.41) is 42.3. The van der Waals surface area contributed by atoms with Crippen LogP contribution >= 0.6 is 0 Å². The molecule has 6 heteroatoms. The maximum absolute atomic E-state index is 11.1. The van der Waals surface area contributed by atoms with Crippen molar-refractivity contribution >= 4 is 0 Å². The van der Waals surface area contributed by atoms with Crippen molar-refractivity contribution in [1.29, 1.82) is 0 Å². The third kappa shape index (κ3) is 7.33. The van der Waals surface area contributed by atoms with Crippen LogP contribution in [0.3, 0.4) is 0 Å². The van der Waals surface area contributed by atoms with Crippen molar-refractivity contribution in [3.8, 4) is 28.7 Å². The van der Waals surface area contributed by atoms with Crippen LogP contribution in [0.15, 0.2) is 24.3 Å². The van der Waals surface area contributed by atoms with E-state index in [4.69, 9.17) is 9.47 Å². The van der Waals surface area contributed by atoms with Crippen LogP contribution in [0.5, 0.6) is 28.7 Å². The van der Waals surface area contributed by atoms with Crippen LogP contribution in [0.4, 0.5) is 0 Å². The van der Waals surface area contributed by atoms with Crippen molar-refractivity contribution in [1.82, 2.24) is 0 Å². The molecule has 2 aromatic carbocycles. The van der Waals surface area contributed by atoms with Crippen LogP contribution < -0.4 is 4.74 Å². The van der Waals surface area contributed by atoms with Crippen molar-refractivity contribution in [3.63, 3.8) is 0 Å². The molecular formula is C33H50O6. The molecule has 0 spiro atoms. The lowest BCUT2D eigenvalue weighted by Gasteiger charge is -2.41. The zero-order valence-corrected chi connectivity index (χ0v) is 24.8. The minimum atomic E-state index is -0.593. The summed E-state index contributed by atoms with van der Waals surface area (Å²) in [6.45, 7) is 13.1. The highest BCUT2D eigenvalue weighted by molar-refractivity contribution is 5.58. The van der Waals surface area contributed by atoms with Gasteiger partial charge in [0.05, 0.1) is 5.60 Å².